The average molecular weight is 714 g/mol. The van der Waals surface area contributed by atoms with Crippen molar-refractivity contribution >= 4 is 28.6 Å². The number of benzene rings is 4. The van der Waals surface area contributed by atoms with E-state index in [0.29, 0.717) is 40.9 Å². The number of aryl methyl sites for hydroxylation is 1. The van der Waals surface area contributed by atoms with E-state index in [1.165, 1.54) is 30.3 Å². The molecule has 5 nitrogen and oxygen atoms in total. The normalized spacial score (nSPS) is 11.5. The van der Waals surface area contributed by atoms with Crippen LogP contribution in [0.2, 0.25) is 0 Å². The molecule has 2 aromatic heterocycles. The maximum absolute atomic E-state index is 14.5. The zero-order valence-corrected chi connectivity index (χ0v) is 28.1. The van der Waals surface area contributed by atoms with Gasteiger partial charge in [-0.1, -0.05) is 66.7 Å². The number of amides is 1. The first-order valence-corrected chi connectivity index (χ1v) is 17.2. The maximum atomic E-state index is 14.5. The number of rotatable bonds is 12. The molecule has 260 valence electrons. The van der Waals surface area contributed by atoms with Crippen LogP contribution in [0.25, 0.3) is 22.0 Å². The third kappa shape index (κ3) is 8.72. The Bertz CT molecular complexity index is 2190. The molecule has 0 fully saturated rings. The summed E-state index contributed by atoms with van der Waals surface area (Å²) in [5.41, 5.74) is 2.77. The summed E-state index contributed by atoms with van der Waals surface area (Å²) in [5, 5.41) is 0.859. The number of carbonyl (C=O) groups excluding carboxylic acids is 1. The lowest BCUT2D eigenvalue weighted by molar-refractivity contribution is -0.137. The van der Waals surface area contributed by atoms with E-state index < -0.39 is 23.4 Å². The second-order valence-corrected chi connectivity index (χ2v) is 13.0. The van der Waals surface area contributed by atoms with E-state index in [0.717, 1.165) is 46.8 Å². The fourth-order valence-corrected chi connectivity index (χ4v) is 6.83. The zero-order valence-electron chi connectivity index (χ0n) is 27.2. The van der Waals surface area contributed by atoms with Crippen LogP contribution in [-0.2, 0) is 36.2 Å². The van der Waals surface area contributed by atoms with E-state index in [1.54, 1.807) is 39.9 Å². The van der Waals surface area contributed by atoms with E-state index in [-0.39, 0.29) is 35.7 Å². The van der Waals surface area contributed by atoms with Gasteiger partial charge in [0.1, 0.15) is 6.54 Å². The van der Waals surface area contributed by atoms with Crippen molar-refractivity contribution in [3.05, 3.63) is 166 Å². The second kappa shape index (κ2) is 15.7. The summed E-state index contributed by atoms with van der Waals surface area (Å²) >= 11 is 1.14. The molecule has 6 aromatic rings. The third-order valence-electron chi connectivity index (χ3n) is 8.49. The Hall–Kier alpha value is -5.29. The smallest absolute Gasteiger partial charge is 0.337 e. The summed E-state index contributed by atoms with van der Waals surface area (Å²) in [5.74, 6) is -2.11. The van der Waals surface area contributed by atoms with Crippen LogP contribution in [0, 0.1) is 11.6 Å². The highest BCUT2D eigenvalue weighted by Gasteiger charge is 2.30. The predicted octanol–water partition coefficient (Wildman–Crippen LogP) is 9.31. The van der Waals surface area contributed by atoms with E-state index in [9.17, 15) is 31.5 Å². The van der Waals surface area contributed by atoms with Gasteiger partial charge < -0.3 is 9.47 Å². The van der Waals surface area contributed by atoms with Crippen LogP contribution < -0.4 is 5.43 Å². The number of para-hydroxylation sites is 1. The van der Waals surface area contributed by atoms with Gasteiger partial charge in [-0.25, -0.2) is 8.78 Å². The SMILES string of the molecule is O=C(Cn1c(SCc2cccc(F)c2F)cc(=O)c2ccccc21)N(CCCc1ccccn1)Cc1ccc(-c2ccc(C(F)(F)F)cc2)cc1. The minimum absolute atomic E-state index is 0.0363. The molecule has 6 rings (SSSR count). The van der Waals surface area contributed by atoms with Crippen molar-refractivity contribution in [2.24, 2.45) is 0 Å². The number of aromatic nitrogens is 2. The summed E-state index contributed by atoms with van der Waals surface area (Å²) < 4.78 is 69.4. The molecular formula is C40H32F5N3O2S. The topological polar surface area (TPSA) is 55.2 Å². The summed E-state index contributed by atoms with van der Waals surface area (Å²) in [6, 6.07) is 30.2. The Morgan fingerprint density at radius 1 is 0.824 bits per heavy atom. The first-order valence-electron chi connectivity index (χ1n) is 16.2. The third-order valence-corrected chi connectivity index (χ3v) is 9.58. The number of pyridine rings is 2. The number of nitrogens with zero attached hydrogens (tertiary/aromatic N) is 3. The van der Waals surface area contributed by atoms with Gasteiger partial charge in [-0.05, 0) is 72.0 Å². The molecule has 51 heavy (non-hydrogen) atoms. The van der Waals surface area contributed by atoms with Crippen LogP contribution >= 0.6 is 11.8 Å². The number of halogens is 5. The first-order chi connectivity index (χ1) is 24.6. The minimum Gasteiger partial charge on any atom is -0.337 e. The number of hydrogen-bond donors (Lipinski definition) is 0. The zero-order chi connectivity index (χ0) is 36.0. The fraction of sp³-hybridized carbons (Fsp3) is 0.175. The highest BCUT2D eigenvalue weighted by Crippen LogP contribution is 2.31. The van der Waals surface area contributed by atoms with Crippen LogP contribution in [0.4, 0.5) is 22.0 Å². The van der Waals surface area contributed by atoms with E-state index >= 15 is 0 Å². The molecule has 0 radical (unpaired) electrons. The molecule has 0 spiro atoms. The average Bonchev–Trinajstić information content (AvgIpc) is 3.13. The Morgan fingerprint density at radius 3 is 2.24 bits per heavy atom. The van der Waals surface area contributed by atoms with E-state index in [4.69, 9.17) is 0 Å². The predicted molar refractivity (Wildman–Crippen MR) is 189 cm³/mol. The van der Waals surface area contributed by atoms with Crippen LogP contribution in [0.1, 0.15) is 28.8 Å². The Balaban J connectivity index is 1.26. The summed E-state index contributed by atoms with van der Waals surface area (Å²) in [6.45, 7) is 0.524. The molecule has 4 aromatic carbocycles. The Labute approximate surface area is 295 Å². The molecular weight excluding hydrogens is 682 g/mol. The standard InChI is InChI=1S/C40H32F5N3O2S/c41-34-11-5-7-30(39(34)42)26-51-38-23-36(49)33-10-1-2-12-35(33)48(38)25-37(50)47(22-6-9-32-8-3-4-21-46-32)24-27-13-15-28(16-14-27)29-17-19-31(20-18-29)40(43,44)45/h1-5,7-8,10-21,23H,6,9,22,24-26H2. The summed E-state index contributed by atoms with van der Waals surface area (Å²) in [7, 11) is 0. The quantitative estimate of drug-likeness (QED) is 0.0938. The molecule has 0 aliphatic carbocycles. The Kier molecular flexibility index (Phi) is 11.0. The number of carbonyl (C=O) groups is 1. The molecule has 0 saturated carbocycles. The molecule has 0 bridgehead atoms. The lowest BCUT2D eigenvalue weighted by atomic mass is 10.0. The largest absolute Gasteiger partial charge is 0.416 e. The molecule has 0 aliphatic heterocycles. The molecule has 0 aliphatic rings. The minimum atomic E-state index is -4.42. The van der Waals surface area contributed by atoms with Gasteiger partial charge >= 0.3 is 6.18 Å². The summed E-state index contributed by atoms with van der Waals surface area (Å²) in [6.07, 6.45) is -1.45. The number of thioether (sulfide) groups is 1. The molecule has 0 atom stereocenters. The van der Waals surface area contributed by atoms with Crippen molar-refractivity contribution in [3.8, 4) is 11.1 Å². The second-order valence-electron chi connectivity index (χ2n) is 12.0. The van der Waals surface area contributed by atoms with Gasteiger partial charge in [0.2, 0.25) is 5.91 Å². The van der Waals surface area contributed by atoms with E-state index in [2.05, 4.69) is 4.98 Å². The van der Waals surface area contributed by atoms with E-state index in [1.807, 2.05) is 42.5 Å². The van der Waals surface area contributed by atoms with Crippen LogP contribution in [0.5, 0.6) is 0 Å². The fourth-order valence-electron chi connectivity index (χ4n) is 5.80. The molecule has 1 amide bonds. The van der Waals surface area contributed by atoms with Gasteiger partial charge in [0.15, 0.2) is 17.1 Å². The molecule has 2 heterocycles. The van der Waals surface area contributed by atoms with Crippen molar-refractivity contribution in [1.82, 2.24) is 14.5 Å². The highest BCUT2D eigenvalue weighted by molar-refractivity contribution is 7.98. The van der Waals surface area contributed by atoms with Crippen molar-refractivity contribution in [1.29, 1.82) is 0 Å². The lowest BCUT2D eigenvalue weighted by Crippen LogP contribution is -2.35. The Morgan fingerprint density at radius 2 is 1.53 bits per heavy atom. The van der Waals surface area contributed by atoms with Crippen LogP contribution in [0.3, 0.4) is 0 Å². The maximum Gasteiger partial charge on any atom is 0.416 e. The van der Waals surface area contributed by atoms with Crippen molar-refractivity contribution < 1.29 is 26.7 Å². The summed E-state index contributed by atoms with van der Waals surface area (Å²) in [4.78, 5) is 33.4. The van der Waals surface area contributed by atoms with Gasteiger partial charge in [-0.15, -0.1) is 11.8 Å². The number of hydrogen-bond acceptors (Lipinski definition) is 4. The monoisotopic (exact) mass is 713 g/mol. The van der Waals surface area contributed by atoms with Crippen LogP contribution in [0.15, 0.2) is 131 Å². The lowest BCUT2D eigenvalue weighted by Gasteiger charge is -2.25. The molecule has 0 saturated heterocycles. The van der Waals surface area contributed by atoms with Crippen LogP contribution in [-0.4, -0.2) is 26.9 Å². The first kappa shape index (κ1) is 35.5. The molecule has 11 heteroatoms. The van der Waals surface area contributed by atoms with Gasteiger partial charge in [0.25, 0.3) is 0 Å². The van der Waals surface area contributed by atoms with Gasteiger partial charge in [-0.3, -0.25) is 14.6 Å². The van der Waals surface area contributed by atoms with Gasteiger partial charge in [0.05, 0.1) is 16.1 Å². The number of fused-ring (bicyclic) bond motifs is 1. The van der Waals surface area contributed by atoms with Crippen molar-refractivity contribution in [2.75, 3.05) is 6.54 Å². The van der Waals surface area contributed by atoms with Gasteiger partial charge in [0, 0.05) is 47.7 Å². The molecule has 0 unspecified atom stereocenters. The van der Waals surface area contributed by atoms with Crippen molar-refractivity contribution in [2.45, 2.75) is 42.9 Å². The highest BCUT2D eigenvalue weighted by atomic mass is 32.2. The number of alkyl halides is 3. The molecule has 0 N–H and O–H groups in total. The van der Waals surface area contributed by atoms with Crippen molar-refractivity contribution in [3.63, 3.8) is 0 Å². The van der Waals surface area contributed by atoms with Gasteiger partial charge in [-0.2, -0.15) is 13.2 Å².